The number of aromatic amines is 1. The highest BCUT2D eigenvalue weighted by Gasteiger charge is 2.01. The van der Waals surface area contributed by atoms with Crippen molar-refractivity contribution in [2.45, 2.75) is 19.8 Å². The molecule has 3 nitrogen and oxygen atoms in total. The van der Waals surface area contributed by atoms with Crippen LogP contribution >= 0.6 is 0 Å². The average Bonchev–Trinajstić information content (AvgIpc) is 2.66. The highest BCUT2D eigenvalue weighted by molar-refractivity contribution is 5.25. The summed E-state index contributed by atoms with van der Waals surface area (Å²) in [7, 11) is 0. The minimum Gasteiger partial charge on any atom is -0.346 e. The van der Waals surface area contributed by atoms with Gasteiger partial charge >= 0.3 is 0 Å². The Labute approximate surface area is 95.7 Å². The molecule has 0 atom stereocenters. The second-order valence-electron chi connectivity index (χ2n) is 4.06. The van der Waals surface area contributed by atoms with E-state index in [4.69, 9.17) is 5.73 Å². The fourth-order valence-corrected chi connectivity index (χ4v) is 1.80. The zero-order valence-corrected chi connectivity index (χ0v) is 9.53. The van der Waals surface area contributed by atoms with Crippen molar-refractivity contribution >= 4 is 0 Å². The Kier molecular flexibility index (Phi) is 3.37. The molecular formula is C13H17N3. The van der Waals surface area contributed by atoms with Gasteiger partial charge in [0, 0.05) is 24.7 Å². The predicted octanol–water partition coefficient (Wildman–Crippen LogP) is 1.81. The third-order valence-electron chi connectivity index (χ3n) is 2.54. The number of imidazole rings is 1. The summed E-state index contributed by atoms with van der Waals surface area (Å²) in [5.74, 6) is 0.977. The molecule has 0 spiro atoms. The third kappa shape index (κ3) is 2.70. The van der Waals surface area contributed by atoms with Crippen LogP contribution < -0.4 is 5.73 Å². The van der Waals surface area contributed by atoms with Gasteiger partial charge in [0.15, 0.2) is 0 Å². The lowest BCUT2D eigenvalue weighted by atomic mass is 10.1. The van der Waals surface area contributed by atoms with Crippen LogP contribution in [-0.4, -0.2) is 16.5 Å². The largest absolute Gasteiger partial charge is 0.346 e. The molecule has 3 N–H and O–H groups in total. The van der Waals surface area contributed by atoms with Gasteiger partial charge in [-0.2, -0.15) is 0 Å². The lowest BCUT2D eigenvalue weighted by Gasteiger charge is -2.00. The van der Waals surface area contributed by atoms with Crippen molar-refractivity contribution in [1.82, 2.24) is 9.97 Å². The zero-order valence-electron chi connectivity index (χ0n) is 9.53. The highest BCUT2D eigenvalue weighted by atomic mass is 14.9. The van der Waals surface area contributed by atoms with E-state index in [0.29, 0.717) is 6.54 Å². The Bertz CT molecular complexity index is 460. The molecule has 2 aromatic rings. The van der Waals surface area contributed by atoms with Gasteiger partial charge in [-0.15, -0.1) is 0 Å². The van der Waals surface area contributed by atoms with E-state index < -0.39 is 0 Å². The lowest BCUT2D eigenvalue weighted by Crippen LogP contribution is -2.04. The van der Waals surface area contributed by atoms with Crippen molar-refractivity contribution in [2.24, 2.45) is 5.73 Å². The second kappa shape index (κ2) is 4.94. The highest BCUT2D eigenvalue weighted by Crippen LogP contribution is 2.09. The molecule has 0 aliphatic carbocycles. The molecule has 0 unspecified atom stereocenters. The van der Waals surface area contributed by atoms with E-state index in [1.165, 1.54) is 11.1 Å². The number of nitrogens with one attached hydrogen (secondary N) is 1. The number of hydrogen-bond donors (Lipinski definition) is 2. The average molecular weight is 215 g/mol. The number of H-pyrrole nitrogens is 1. The minimum atomic E-state index is 0.636. The van der Waals surface area contributed by atoms with Crippen LogP contribution in [0.3, 0.4) is 0 Å². The smallest absolute Gasteiger partial charge is 0.107 e. The number of nitrogens with two attached hydrogens (primary N) is 1. The summed E-state index contributed by atoms with van der Waals surface area (Å²) in [6.45, 7) is 2.74. The maximum atomic E-state index is 5.48. The van der Waals surface area contributed by atoms with Gasteiger partial charge in [-0.3, -0.25) is 0 Å². The number of rotatable bonds is 4. The van der Waals surface area contributed by atoms with Gasteiger partial charge in [-0.1, -0.05) is 29.8 Å². The number of hydrogen-bond acceptors (Lipinski definition) is 2. The molecular weight excluding hydrogens is 198 g/mol. The van der Waals surface area contributed by atoms with E-state index in [1.807, 2.05) is 6.20 Å². The van der Waals surface area contributed by atoms with Gasteiger partial charge in [-0.25, -0.2) is 4.98 Å². The summed E-state index contributed by atoms with van der Waals surface area (Å²) in [4.78, 5) is 7.58. The molecule has 3 heteroatoms. The standard InChI is InChI=1S/C13H17N3/c1-10-3-2-4-11(7-10)8-12-9-15-13(16-12)5-6-14/h2-4,7,9H,5-6,8,14H2,1H3,(H,15,16). The maximum absolute atomic E-state index is 5.48. The number of aryl methyl sites for hydroxylation is 1. The molecule has 84 valence electrons. The first-order chi connectivity index (χ1) is 7.78. The fraction of sp³-hybridized carbons (Fsp3) is 0.308. The van der Waals surface area contributed by atoms with Crippen LogP contribution in [0.15, 0.2) is 30.5 Å². The van der Waals surface area contributed by atoms with Gasteiger partial charge in [0.1, 0.15) is 5.82 Å². The van der Waals surface area contributed by atoms with Crippen molar-refractivity contribution in [3.05, 3.63) is 53.1 Å². The van der Waals surface area contributed by atoms with Gasteiger partial charge in [0.25, 0.3) is 0 Å². The molecule has 0 aliphatic heterocycles. The Morgan fingerprint density at radius 1 is 1.38 bits per heavy atom. The Morgan fingerprint density at radius 3 is 3.00 bits per heavy atom. The Morgan fingerprint density at radius 2 is 2.25 bits per heavy atom. The quantitative estimate of drug-likeness (QED) is 0.817. The van der Waals surface area contributed by atoms with Gasteiger partial charge in [0.05, 0.1) is 0 Å². The SMILES string of the molecule is Cc1cccc(Cc2cnc(CCN)[nH]2)c1. The van der Waals surface area contributed by atoms with E-state index in [-0.39, 0.29) is 0 Å². The summed E-state index contributed by atoms with van der Waals surface area (Å²) in [5.41, 5.74) is 9.23. The molecule has 0 bridgehead atoms. The van der Waals surface area contributed by atoms with Gasteiger partial charge in [-0.05, 0) is 19.0 Å². The maximum Gasteiger partial charge on any atom is 0.107 e. The first-order valence-corrected chi connectivity index (χ1v) is 5.56. The van der Waals surface area contributed by atoms with Crippen LogP contribution in [0.2, 0.25) is 0 Å². The van der Waals surface area contributed by atoms with E-state index in [9.17, 15) is 0 Å². The Balaban J connectivity index is 2.08. The van der Waals surface area contributed by atoms with E-state index in [2.05, 4.69) is 41.2 Å². The molecule has 0 saturated carbocycles. The molecule has 0 amide bonds. The monoisotopic (exact) mass is 215 g/mol. The van der Waals surface area contributed by atoms with Crippen molar-refractivity contribution in [1.29, 1.82) is 0 Å². The van der Waals surface area contributed by atoms with Gasteiger partial charge in [0.2, 0.25) is 0 Å². The second-order valence-corrected chi connectivity index (χ2v) is 4.06. The fourth-order valence-electron chi connectivity index (χ4n) is 1.80. The van der Waals surface area contributed by atoms with E-state index >= 15 is 0 Å². The van der Waals surface area contributed by atoms with Crippen LogP contribution in [0.1, 0.15) is 22.6 Å². The molecule has 1 heterocycles. The summed E-state index contributed by atoms with van der Waals surface area (Å²) in [6, 6.07) is 8.53. The molecule has 0 fully saturated rings. The van der Waals surface area contributed by atoms with Crippen LogP contribution in [-0.2, 0) is 12.8 Å². The molecule has 0 saturated heterocycles. The van der Waals surface area contributed by atoms with Crippen molar-refractivity contribution in [2.75, 3.05) is 6.54 Å². The van der Waals surface area contributed by atoms with Crippen molar-refractivity contribution < 1.29 is 0 Å². The molecule has 2 rings (SSSR count). The summed E-state index contributed by atoms with van der Waals surface area (Å²) >= 11 is 0. The Hall–Kier alpha value is -1.61. The molecule has 0 radical (unpaired) electrons. The first-order valence-electron chi connectivity index (χ1n) is 5.56. The first kappa shape index (κ1) is 10.9. The molecule has 1 aromatic carbocycles. The van der Waals surface area contributed by atoms with Crippen LogP contribution in [0.5, 0.6) is 0 Å². The third-order valence-corrected chi connectivity index (χ3v) is 2.54. The summed E-state index contributed by atoms with van der Waals surface area (Å²) in [6.07, 6.45) is 3.61. The molecule has 16 heavy (non-hydrogen) atoms. The minimum absolute atomic E-state index is 0.636. The lowest BCUT2D eigenvalue weighted by molar-refractivity contribution is 0.887. The normalized spacial score (nSPS) is 10.6. The van der Waals surface area contributed by atoms with Crippen LogP contribution in [0, 0.1) is 6.92 Å². The van der Waals surface area contributed by atoms with Crippen molar-refractivity contribution in [3.8, 4) is 0 Å². The number of aromatic nitrogens is 2. The number of benzene rings is 1. The van der Waals surface area contributed by atoms with Crippen LogP contribution in [0.4, 0.5) is 0 Å². The summed E-state index contributed by atoms with van der Waals surface area (Å²) < 4.78 is 0. The van der Waals surface area contributed by atoms with E-state index in [0.717, 1.165) is 24.4 Å². The van der Waals surface area contributed by atoms with E-state index in [1.54, 1.807) is 0 Å². The summed E-state index contributed by atoms with van der Waals surface area (Å²) in [5, 5.41) is 0. The molecule has 0 aliphatic rings. The zero-order chi connectivity index (χ0) is 11.4. The number of nitrogens with zero attached hydrogens (tertiary/aromatic N) is 1. The topological polar surface area (TPSA) is 54.7 Å². The van der Waals surface area contributed by atoms with Crippen LogP contribution in [0.25, 0.3) is 0 Å². The van der Waals surface area contributed by atoms with Gasteiger partial charge < -0.3 is 10.7 Å². The predicted molar refractivity (Wildman–Crippen MR) is 65.3 cm³/mol. The van der Waals surface area contributed by atoms with Crippen molar-refractivity contribution in [3.63, 3.8) is 0 Å². The molecule has 1 aromatic heterocycles.